The number of ether oxygens (including phenoxy) is 2. The van der Waals surface area contributed by atoms with Gasteiger partial charge in [0.2, 0.25) is 0 Å². The fraction of sp³-hybridized carbons (Fsp3) is 0.167. The second-order valence-electron chi connectivity index (χ2n) is 3.75. The zero-order valence-corrected chi connectivity index (χ0v) is 10.6. The smallest absolute Gasteiger partial charge is 0.261 e. The lowest BCUT2D eigenvalue weighted by Gasteiger charge is -2.09. The molecule has 1 heterocycles. The van der Waals surface area contributed by atoms with Gasteiger partial charge in [-0.05, 0) is 0 Å². The average Bonchev–Trinajstić information content (AvgIpc) is 2.84. The van der Waals surface area contributed by atoms with E-state index in [0.29, 0.717) is 17.2 Å². The molecule has 0 unspecified atom stereocenters. The molecule has 0 atom stereocenters. The summed E-state index contributed by atoms with van der Waals surface area (Å²) in [6, 6.07) is 5.06. The first-order valence-electron chi connectivity index (χ1n) is 5.47. The molecule has 1 aromatic heterocycles. The van der Waals surface area contributed by atoms with Gasteiger partial charge in [-0.2, -0.15) is 5.10 Å². The third-order valence-electron chi connectivity index (χ3n) is 2.52. The fourth-order valence-corrected chi connectivity index (χ4v) is 1.56. The number of hydrogen-bond donors (Lipinski definition) is 3. The summed E-state index contributed by atoms with van der Waals surface area (Å²) in [6.45, 7) is 0. The third kappa shape index (κ3) is 2.76. The van der Waals surface area contributed by atoms with Crippen LogP contribution in [0.25, 0.3) is 0 Å². The Morgan fingerprint density at radius 3 is 2.37 bits per heavy atom. The van der Waals surface area contributed by atoms with E-state index in [2.05, 4.69) is 15.5 Å². The highest BCUT2D eigenvalue weighted by atomic mass is 16.5. The van der Waals surface area contributed by atoms with Crippen LogP contribution in [0, 0.1) is 0 Å². The number of carbonyl (C=O) groups excluding carboxylic acids is 1. The van der Waals surface area contributed by atoms with Crippen LogP contribution in [0.2, 0.25) is 0 Å². The van der Waals surface area contributed by atoms with Gasteiger partial charge in [-0.25, -0.2) is 0 Å². The molecule has 0 saturated carbocycles. The summed E-state index contributed by atoms with van der Waals surface area (Å²) >= 11 is 0. The van der Waals surface area contributed by atoms with Gasteiger partial charge in [-0.3, -0.25) is 9.89 Å². The molecule has 19 heavy (non-hydrogen) atoms. The van der Waals surface area contributed by atoms with E-state index in [1.807, 2.05) is 0 Å². The number of nitrogens with one attached hydrogen (secondary N) is 2. The monoisotopic (exact) mass is 262 g/mol. The molecule has 7 heteroatoms. The number of aromatic amines is 1. The molecule has 100 valence electrons. The molecule has 0 aliphatic rings. The van der Waals surface area contributed by atoms with Crippen LogP contribution in [0.4, 0.5) is 11.5 Å². The lowest BCUT2D eigenvalue weighted by atomic mass is 10.2. The normalized spacial score (nSPS) is 10.0. The molecule has 1 amide bonds. The lowest BCUT2D eigenvalue weighted by molar-refractivity contribution is 0.102. The Bertz CT molecular complexity index is 572. The van der Waals surface area contributed by atoms with Crippen molar-refractivity contribution in [2.75, 3.05) is 25.3 Å². The molecule has 4 N–H and O–H groups in total. The molecular formula is C12H14N4O3. The van der Waals surface area contributed by atoms with Crippen molar-refractivity contribution in [2.45, 2.75) is 0 Å². The van der Waals surface area contributed by atoms with Gasteiger partial charge in [0.1, 0.15) is 22.9 Å². The predicted molar refractivity (Wildman–Crippen MR) is 70.5 cm³/mol. The summed E-state index contributed by atoms with van der Waals surface area (Å²) in [6.07, 6.45) is 1.36. The van der Waals surface area contributed by atoms with E-state index in [1.165, 1.54) is 20.4 Å². The molecule has 1 aromatic carbocycles. The first kappa shape index (κ1) is 12.7. The number of nitrogens with two attached hydrogens (primary N) is 1. The maximum atomic E-state index is 12.0. The highest BCUT2D eigenvalue weighted by Gasteiger charge is 2.12. The zero-order chi connectivity index (χ0) is 13.8. The summed E-state index contributed by atoms with van der Waals surface area (Å²) in [4.78, 5) is 12.0. The summed E-state index contributed by atoms with van der Waals surface area (Å²) in [7, 11) is 3.07. The quantitative estimate of drug-likeness (QED) is 0.769. The number of anilines is 2. The van der Waals surface area contributed by atoms with Gasteiger partial charge in [-0.15, -0.1) is 0 Å². The number of nitrogen functional groups attached to an aromatic ring is 1. The van der Waals surface area contributed by atoms with E-state index in [4.69, 9.17) is 15.2 Å². The molecule has 0 fully saturated rings. The minimum atomic E-state index is -0.360. The highest BCUT2D eigenvalue weighted by Crippen LogP contribution is 2.26. The second-order valence-corrected chi connectivity index (χ2v) is 3.75. The molecule has 0 bridgehead atoms. The topological polar surface area (TPSA) is 102 Å². The van der Waals surface area contributed by atoms with E-state index in [-0.39, 0.29) is 17.3 Å². The Labute approximate surface area is 109 Å². The number of methoxy groups -OCH3 is 2. The Morgan fingerprint density at radius 2 is 1.89 bits per heavy atom. The first-order chi connectivity index (χ1) is 9.13. The van der Waals surface area contributed by atoms with E-state index >= 15 is 0 Å². The predicted octanol–water partition coefficient (Wildman–Crippen LogP) is 1.26. The SMILES string of the molecule is COc1cc(NC(=O)c2cn[nH]c2N)cc(OC)c1. The number of amides is 1. The molecule has 0 aliphatic heterocycles. The Morgan fingerprint density at radius 1 is 1.26 bits per heavy atom. The van der Waals surface area contributed by atoms with Gasteiger partial charge in [0.25, 0.3) is 5.91 Å². The van der Waals surface area contributed by atoms with Gasteiger partial charge in [0.05, 0.1) is 20.4 Å². The van der Waals surface area contributed by atoms with Crippen molar-refractivity contribution in [1.29, 1.82) is 0 Å². The Balaban J connectivity index is 2.23. The molecule has 0 aliphatic carbocycles. The number of rotatable bonds is 4. The van der Waals surface area contributed by atoms with Gasteiger partial charge in [0.15, 0.2) is 0 Å². The minimum Gasteiger partial charge on any atom is -0.497 e. The summed E-state index contributed by atoms with van der Waals surface area (Å²) in [5, 5.41) is 8.89. The van der Waals surface area contributed by atoms with Crippen LogP contribution in [0.15, 0.2) is 24.4 Å². The van der Waals surface area contributed by atoms with E-state index in [0.717, 1.165) is 0 Å². The number of hydrogen-bond acceptors (Lipinski definition) is 5. The van der Waals surface area contributed by atoms with Gasteiger partial charge >= 0.3 is 0 Å². The maximum Gasteiger partial charge on any atom is 0.261 e. The van der Waals surface area contributed by atoms with Crippen molar-refractivity contribution < 1.29 is 14.3 Å². The van der Waals surface area contributed by atoms with Crippen molar-refractivity contribution in [3.63, 3.8) is 0 Å². The molecular weight excluding hydrogens is 248 g/mol. The van der Waals surface area contributed by atoms with E-state index < -0.39 is 0 Å². The average molecular weight is 262 g/mol. The van der Waals surface area contributed by atoms with E-state index in [1.54, 1.807) is 18.2 Å². The number of nitrogens with zero attached hydrogens (tertiary/aromatic N) is 1. The number of carbonyl (C=O) groups is 1. The third-order valence-corrected chi connectivity index (χ3v) is 2.52. The fourth-order valence-electron chi connectivity index (χ4n) is 1.56. The second kappa shape index (κ2) is 5.30. The largest absolute Gasteiger partial charge is 0.497 e. The number of benzene rings is 1. The molecule has 0 spiro atoms. The van der Waals surface area contributed by atoms with Gasteiger partial charge < -0.3 is 20.5 Å². The van der Waals surface area contributed by atoms with Crippen molar-refractivity contribution in [3.05, 3.63) is 30.0 Å². The van der Waals surface area contributed by atoms with Crippen LogP contribution < -0.4 is 20.5 Å². The molecule has 7 nitrogen and oxygen atoms in total. The Kier molecular flexibility index (Phi) is 3.56. The zero-order valence-electron chi connectivity index (χ0n) is 10.6. The first-order valence-corrected chi connectivity index (χ1v) is 5.47. The highest BCUT2D eigenvalue weighted by molar-refractivity contribution is 6.07. The molecule has 0 saturated heterocycles. The summed E-state index contributed by atoms with van der Waals surface area (Å²) < 4.78 is 10.2. The Hall–Kier alpha value is -2.70. The van der Waals surface area contributed by atoms with Crippen LogP contribution in [0.3, 0.4) is 0 Å². The van der Waals surface area contributed by atoms with Crippen LogP contribution in [-0.4, -0.2) is 30.3 Å². The van der Waals surface area contributed by atoms with Crippen LogP contribution in [0.1, 0.15) is 10.4 Å². The maximum absolute atomic E-state index is 12.0. The van der Waals surface area contributed by atoms with Crippen LogP contribution >= 0.6 is 0 Å². The van der Waals surface area contributed by atoms with Crippen LogP contribution in [-0.2, 0) is 0 Å². The molecule has 2 rings (SSSR count). The van der Waals surface area contributed by atoms with Crippen molar-refractivity contribution in [2.24, 2.45) is 0 Å². The standard InChI is InChI=1S/C12H14N4O3/c1-18-8-3-7(4-9(5-8)19-2)15-12(17)10-6-14-16-11(10)13/h3-6H,1-2H3,(H,15,17)(H3,13,14,16). The summed E-state index contributed by atoms with van der Waals surface area (Å²) in [5.41, 5.74) is 6.40. The lowest BCUT2D eigenvalue weighted by Crippen LogP contribution is -2.13. The number of H-pyrrole nitrogens is 1. The molecule has 0 radical (unpaired) electrons. The van der Waals surface area contributed by atoms with E-state index in [9.17, 15) is 4.79 Å². The van der Waals surface area contributed by atoms with Crippen molar-refractivity contribution in [3.8, 4) is 11.5 Å². The minimum absolute atomic E-state index is 0.215. The van der Waals surface area contributed by atoms with Crippen LogP contribution in [0.5, 0.6) is 11.5 Å². The van der Waals surface area contributed by atoms with Crippen molar-refractivity contribution in [1.82, 2.24) is 10.2 Å². The van der Waals surface area contributed by atoms with Gasteiger partial charge in [-0.1, -0.05) is 0 Å². The summed E-state index contributed by atoms with van der Waals surface area (Å²) in [5.74, 6) is 1.01. The molecule has 2 aromatic rings. The van der Waals surface area contributed by atoms with Gasteiger partial charge in [0, 0.05) is 23.9 Å². The number of aromatic nitrogens is 2. The van der Waals surface area contributed by atoms with Crippen molar-refractivity contribution >= 4 is 17.4 Å².